The molecule has 0 aliphatic rings. The molecule has 110 valence electrons. The van der Waals surface area contributed by atoms with Crippen LogP contribution in [0.25, 0.3) is 0 Å². The van der Waals surface area contributed by atoms with E-state index in [1.807, 2.05) is 0 Å². The van der Waals surface area contributed by atoms with Crippen LogP contribution in [0.1, 0.15) is 16.8 Å². The van der Waals surface area contributed by atoms with Crippen LogP contribution in [0.2, 0.25) is 0 Å². The smallest absolute Gasteiger partial charge is 0.335 e. The highest BCUT2D eigenvalue weighted by atomic mass is 32.2. The third-order valence-electron chi connectivity index (χ3n) is 2.39. The summed E-state index contributed by atoms with van der Waals surface area (Å²) in [6.45, 7) is 0.361. The summed E-state index contributed by atoms with van der Waals surface area (Å²) in [6, 6.07) is 3.11. The fourth-order valence-electron chi connectivity index (χ4n) is 1.41. The zero-order valence-corrected chi connectivity index (χ0v) is 11.7. The highest BCUT2D eigenvalue weighted by Gasteiger charge is 2.09. The lowest BCUT2D eigenvalue weighted by molar-refractivity contribution is 0.0696. The number of amides is 2. The van der Waals surface area contributed by atoms with Crippen molar-refractivity contribution in [2.75, 3.05) is 23.9 Å². The van der Waals surface area contributed by atoms with Crippen molar-refractivity contribution in [2.24, 2.45) is 0 Å². The molecule has 0 aromatic heterocycles. The normalized spacial score (nSPS) is 11.7. The van der Waals surface area contributed by atoms with Gasteiger partial charge in [-0.3, -0.25) is 4.21 Å². The summed E-state index contributed by atoms with van der Waals surface area (Å²) < 4.78 is 10.8. The fourth-order valence-corrected chi connectivity index (χ4v) is 1.97. The molecule has 0 radical (unpaired) electrons. The van der Waals surface area contributed by atoms with Crippen molar-refractivity contribution in [3.05, 3.63) is 23.8 Å². The van der Waals surface area contributed by atoms with Gasteiger partial charge in [-0.15, -0.1) is 0 Å². The van der Waals surface area contributed by atoms with Crippen molar-refractivity contribution >= 4 is 28.5 Å². The molecular weight excluding hydrogens is 284 g/mol. The van der Waals surface area contributed by atoms with Gasteiger partial charge in [0.25, 0.3) is 0 Å². The van der Waals surface area contributed by atoms with Gasteiger partial charge in [0.05, 0.1) is 11.3 Å². The lowest BCUT2D eigenvalue weighted by Gasteiger charge is -2.09. The molecule has 1 atom stereocenters. The average Bonchev–Trinajstić information content (AvgIpc) is 2.36. The Morgan fingerprint density at radius 2 is 2.05 bits per heavy atom. The van der Waals surface area contributed by atoms with Crippen LogP contribution in [0.4, 0.5) is 10.5 Å². The maximum atomic E-state index is 11.5. The maximum Gasteiger partial charge on any atom is 0.335 e. The van der Waals surface area contributed by atoms with E-state index >= 15 is 0 Å². The molecule has 0 aliphatic heterocycles. The van der Waals surface area contributed by atoms with Crippen LogP contribution in [0, 0.1) is 0 Å². The van der Waals surface area contributed by atoms with Gasteiger partial charge in [0.2, 0.25) is 0 Å². The Labute approximate surface area is 118 Å². The topological polar surface area (TPSA) is 116 Å². The third-order valence-corrected chi connectivity index (χ3v) is 3.25. The van der Waals surface area contributed by atoms with Crippen molar-refractivity contribution in [1.29, 1.82) is 0 Å². The molecule has 0 fully saturated rings. The van der Waals surface area contributed by atoms with Crippen molar-refractivity contribution < 1.29 is 24.0 Å². The second-order valence-electron chi connectivity index (χ2n) is 4.05. The van der Waals surface area contributed by atoms with Crippen molar-refractivity contribution in [3.8, 4) is 5.75 Å². The summed E-state index contributed by atoms with van der Waals surface area (Å²) >= 11 is 0. The summed E-state index contributed by atoms with van der Waals surface area (Å²) in [5, 5.41) is 23.3. The van der Waals surface area contributed by atoms with Crippen LogP contribution in [0.3, 0.4) is 0 Å². The van der Waals surface area contributed by atoms with Crippen LogP contribution in [0.5, 0.6) is 5.75 Å². The van der Waals surface area contributed by atoms with E-state index in [-0.39, 0.29) is 17.0 Å². The predicted molar refractivity (Wildman–Crippen MR) is 75.6 cm³/mol. The van der Waals surface area contributed by atoms with E-state index in [4.69, 9.17) is 5.11 Å². The first kappa shape index (κ1) is 16.0. The monoisotopic (exact) mass is 300 g/mol. The number of carbonyl (C=O) groups excluding carboxylic acids is 1. The second kappa shape index (κ2) is 7.49. The number of nitrogens with one attached hydrogen (secondary N) is 2. The maximum absolute atomic E-state index is 11.5. The molecule has 0 saturated carbocycles. The van der Waals surface area contributed by atoms with Crippen molar-refractivity contribution in [1.82, 2.24) is 5.32 Å². The van der Waals surface area contributed by atoms with Gasteiger partial charge >= 0.3 is 12.0 Å². The molecule has 7 nitrogen and oxygen atoms in total. The highest BCUT2D eigenvalue weighted by Crippen LogP contribution is 2.24. The number of aromatic carboxylic acids is 1. The molecule has 1 unspecified atom stereocenters. The van der Waals surface area contributed by atoms with E-state index in [1.165, 1.54) is 12.1 Å². The molecule has 2 amide bonds. The molecule has 1 aromatic rings. The summed E-state index contributed by atoms with van der Waals surface area (Å²) in [5.41, 5.74) is 0.0467. The number of benzene rings is 1. The predicted octanol–water partition coefficient (Wildman–Crippen LogP) is 0.980. The van der Waals surface area contributed by atoms with Gasteiger partial charge in [-0.25, -0.2) is 9.59 Å². The average molecular weight is 300 g/mol. The molecule has 4 N–H and O–H groups in total. The Kier molecular flexibility index (Phi) is 5.98. The van der Waals surface area contributed by atoms with Crippen molar-refractivity contribution in [2.45, 2.75) is 6.42 Å². The van der Waals surface area contributed by atoms with Gasteiger partial charge in [0.1, 0.15) is 5.75 Å². The molecule has 20 heavy (non-hydrogen) atoms. The largest absolute Gasteiger partial charge is 0.506 e. The van der Waals surface area contributed by atoms with Crippen LogP contribution < -0.4 is 10.6 Å². The molecular formula is C12H16N2O5S. The zero-order chi connectivity index (χ0) is 15.1. The summed E-state index contributed by atoms with van der Waals surface area (Å²) in [4.78, 5) is 22.2. The van der Waals surface area contributed by atoms with E-state index in [0.717, 1.165) is 6.07 Å². The molecule has 1 aromatic carbocycles. The molecule has 0 saturated heterocycles. The summed E-state index contributed by atoms with van der Waals surface area (Å²) in [6.07, 6.45) is 2.17. The van der Waals surface area contributed by atoms with Gasteiger partial charge < -0.3 is 20.8 Å². The first-order chi connectivity index (χ1) is 9.40. The number of aromatic hydroxyl groups is 1. The minimum atomic E-state index is -1.16. The highest BCUT2D eigenvalue weighted by molar-refractivity contribution is 7.84. The number of hydrogen-bond acceptors (Lipinski definition) is 4. The molecule has 0 heterocycles. The third kappa shape index (κ3) is 5.27. The Hall–Kier alpha value is -2.09. The Morgan fingerprint density at radius 3 is 2.60 bits per heavy atom. The molecule has 0 aliphatic carbocycles. The molecule has 0 bridgehead atoms. The van der Waals surface area contributed by atoms with E-state index in [1.54, 1.807) is 6.26 Å². The van der Waals surface area contributed by atoms with Gasteiger partial charge in [-0.1, -0.05) is 0 Å². The van der Waals surface area contributed by atoms with E-state index in [9.17, 15) is 18.9 Å². The van der Waals surface area contributed by atoms with Gasteiger partial charge in [-0.05, 0) is 24.6 Å². The summed E-state index contributed by atoms with van der Waals surface area (Å²) in [5.74, 6) is -0.989. The zero-order valence-electron chi connectivity index (χ0n) is 10.9. The standard InChI is InChI=1S/C12H16N2O5S/c1-20(19)6-2-5-13-12(18)14-9-4-3-8(11(16)17)7-10(9)15/h3-4,7,15H,2,5-6H2,1H3,(H,16,17)(H2,13,14,18). The SMILES string of the molecule is CS(=O)CCCNC(=O)Nc1ccc(C(=O)O)cc1O. The van der Waals surface area contributed by atoms with Crippen LogP contribution in [0.15, 0.2) is 18.2 Å². The van der Waals surface area contributed by atoms with Gasteiger partial charge in [0.15, 0.2) is 0 Å². The van der Waals surface area contributed by atoms with E-state index < -0.39 is 22.8 Å². The number of carboxylic acid groups (broad SMARTS) is 1. The molecule has 0 spiro atoms. The number of carbonyl (C=O) groups is 2. The fraction of sp³-hybridized carbons (Fsp3) is 0.333. The lowest BCUT2D eigenvalue weighted by Crippen LogP contribution is -2.30. The number of phenolic OH excluding ortho intramolecular Hbond substituents is 1. The minimum Gasteiger partial charge on any atom is -0.506 e. The number of phenols is 1. The number of urea groups is 1. The summed E-state index contributed by atoms with van der Waals surface area (Å²) in [7, 11) is -0.896. The Balaban J connectivity index is 2.50. The number of hydrogen-bond donors (Lipinski definition) is 4. The van der Waals surface area contributed by atoms with Crippen LogP contribution >= 0.6 is 0 Å². The van der Waals surface area contributed by atoms with E-state index in [0.29, 0.717) is 18.7 Å². The lowest BCUT2D eigenvalue weighted by atomic mass is 10.2. The number of rotatable bonds is 6. The molecule has 8 heteroatoms. The molecule has 1 rings (SSSR count). The van der Waals surface area contributed by atoms with Crippen LogP contribution in [-0.2, 0) is 10.8 Å². The quantitative estimate of drug-likeness (QED) is 0.461. The second-order valence-corrected chi connectivity index (χ2v) is 5.60. The minimum absolute atomic E-state index is 0.0705. The Morgan fingerprint density at radius 1 is 1.35 bits per heavy atom. The Bertz CT molecular complexity index is 533. The number of anilines is 1. The van der Waals surface area contributed by atoms with Gasteiger partial charge in [-0.2, -0.15) is 0 Å². The van der Waals surface area contributed by atoms with Gasteiger partial charge in [0, 0.05) is 29.4 Å². The van der Waals surface area contributed by atoms with Crippen LogP contribution in [-0.4, -0.2) is 45.0 Å². The van der Waals surface area contributed by atoms with E-state index in [2.05, 4.69) is 10.6 Å². The van der Waals surface area contributed by atoms with Crippen molar-refractivity contribution in [3.63, 3.8) is 0 Å². The number of carboxylic acids is 1. The first-order valence-corrected chi connectivity index (χ1v) is 7.54. The first-order valence-electron chi connectivity index (χ1n) is 5.81.